The fourth-order valence-corrected chi connectivity index (χ4v) is 3.11. The third-order valence-electron chi connectivity index (χ3n) is 2.77. The first-order valence-electron chi connectivity index (χ1n) is 5.72. The molecule has 0 bridgehead atoms. The highest BCUT2D eigenvalue weighted by atomic mass is 35.5. The van der Waals surface area contributed by atoms with Crippen molar-refractivity contribution in [2.75, 3.05) is 0 Å². The largest absolute Gasteiger partial charge is 0.505 e. The average Bonchev–Trinajstić information content (AvgIpc) is 2.09. The lowest BCUT2D eigenvalue weighted by molar-refractivity contribution is 0.283. The molecule has 0 heterocycles. The van der Waals surface area contributed by atoms with Gasteiger partial charge in [-0.15, -0.1) is 0 Å². The van der Waals surface area contributed by atoms with Crippen LogP contribution in [0.15, 0.2) is 12.1 Å². The Labute approximate surface area is 114 Å². The molecule has 0 radical (unpaired) electrons. The summed E-state index contributed by atoms with van der Waals surface area (Å²) in [6.07, 6.45) is 0.973. The Morgan fingerprint density at radius 1 is 1.06 bits per heavy atom. The lowest BCUT2D eigenvalue weighted by Crippen LogP contribution is -2.25. The van der Waals surface area contributed by atoms with E-state index in [9.17, 15) is 5.11 Å². The van der Waals surface area contributed by atoms with Crippen LogP contribution >= 0.6 is 23.2 Å². The maximum atomic E-state index is 9.78. The average molecular weight is 275 g/mol. The van der Waals surface area contributed by atoms with Crippen LogP contribution in [-0.4, -0.2) is 5.11 Å². The summed E-state index contributed by atoms with van der Waals surface area (Å²) in [7, 11) is 0. The van der Waals surface area contributed by atoms with Crippen molar-refractivity contribution in [1.29, 1.82) is 0 Å². The predicted octanol–water partition coefficient (Wildman–Crippen LogP) is 5.41. The van der Waals surface area contributed by atoms with E-state index >= 15 is 0 Å². The van der Waals surface area contributed by atoms with E-state index in [4.69, 9.17) is 23.2 Å². The molecule has 17 heavy (non-hydrogen) atoms. The van der Waals surface area contributed by atoms with Crippen LogP contribution in [0.25, 0.3) is 0 Å². The molecule has 1 N–H and O–H groups in total. The molecule has 0 fully saturated rings. The quantitative estimate of drug-likeness (QED) is 0.764. The zero-order chi connectivity index (χ0) is 13.4. The molecule has 0 amide bonds. The second-order valence-corrected chi connectivity index (χ2v) is 7.16. The predicted molar refractivity (Wildman–Crippen MR) is 75.2 cm³/mol. The molecule has 1 rings (SSSR count). The number of hydrogen-bond donors (Lipinski definition) is 1. The summed E-state index contributed by atoms with van der Waals surface area (Å²) in [5.74, 6) is -0.0205. The molecule has 1 aromatic rings. The molecule has 96 valence electrons. The van der Waals surface area contributed by atoms with Crippen molar-refractivity contribution in [2.24, 2.45) is 5.41 Å². The summed E-state index contributed by atoms with van der Waals surface area (Å²) in [6, 6.07) is 3.60. The van der Waals surface area contributed by atoms with Gasteiger partial charge in [-0.1, -0.05) is 63.9 Å². The van der Waals surface area contributed by atoms with Gasteiger partial charge in [-0.25, -0.2) is 0 Å². The van der Waals surface area contributed by atoms with Crippen LogP contribution < -0.4 is 0 Å². The van der Waals surface area contributed by atoms with Crippen LogP contribution in [-0.2, 0) is 5.41 Å². The molecule has 0 spiro atoms. The lowest BCUT2D eigenvalue weighted by Gasteiger charge is -2.33. The van der Waals surface area contributed by atoms with E-state index in [-0.39, 0.29) is 16.6 Å². The maximum absolute atomic E-state index is 9.78. The number of halogens is 2. The van der Waals surface area contributed by atoms with Crippen LogP contribution in [0.1, 0.15) is 46.6 Å². The maximum Gasteiger partial charge on any atom is 0.153 e. The number of hydrogen-bond acceptors (Lipinski definition) is 1. The van der Waals surface area contributed by atoms with Crippen molar-refractivity contribution in [3.05, 3.63) is 27.7 Å². The molecule has 0 saturated heterocycles. The van der Waals surface area contributed by atoms with E-state index < -0.39 is 0 Å². The van der Waals surface area contributed by atoms with Crippen LogP contribution in [0.5, 0.6) is 5.75 Å². The van der Waals surface area contributed by atoms with E-state index in [0.717, 1.165) is 12.0 Å². The Morgan fingerprint density at radius 3 is 2.06 bits per heavy atom. The van der Waals surface area contributed by atoms with Gasteiger partial charge in [-0.2, -0.15) is 0 Å². The van der Waals surface area contributed by atoms with Gasteiger partial charge >= 0.3 is 0 Å². The van der Waals surface area contributed by atoms with E-state index in [0.29, 0.717) is 10.0 Å². The molecule has 1 nitrogen and oxygen atoms in total. The number of aromatic hydroxyl groups is 1. The first kappa shape index (κ1) is 14.7. The summed E-state index contributed by atoms with van der Waals surface area (Å²) in [5, 5.41) is 10.4. The Hall–Kier alpha value is -0.400. The Bertz CT molecular complexity index is 417. The third-order valence-corrected chi connectivity index (χ3v) is 3.46. The van der Waals surface area contributed by atoms with Crippen molar-refractivity contribution >= 4 is 23.2 Å². The molecule has 0 aliphatic heterocycles. The molecule has 0 aromatic heterocycles. The number of phenols is 1. The van der Waals surface area contributed by atoms with Crippen LogP contribution in [0, 0.1) is 5.41 Å². The van der Waals surface area contributed by atoms with Crippen molar-refractivity contribution in [1.82, 2.24) is 0 Å². The summed E-state index contributed by atoms with van der Waals surface area (Å²) < 4.78 is 0. The number of rotatable bonds is 2. The van der Waals surface area contributed by atoms with Gasteiger partial charge in [-0.3, -0.25) is 0 Å². The van der Waals surface area contributed by atoms with Gasteiger partial charge in [0, 0.05) is 0 Å². The molecule has 0 atom stereocenters. The van der Waals surface area contributed by atoms with E-state index in [1.54, 1.807) is 6.07 Å². The summed E-state index contributed by atoms with van der Waals surface area (Å²) in [5.41, 5.74) is 1.04. The summed E-state index contributed by atoms with van der Waals surface area (Å²) >= 11 is 12.0. The topological polar surface area (TPSA) is 20.2 Å². The highest BCUT2D eigenvalue weighted by molar-refractivity contribution is 6.37. The van der Waals surface area contributed by atoms with Gasteiger partial charge < -0.3 is 5.11 Å². The molecule has 0 aliphatic rings. The second-order valence-electron chi connectivity index (χ2n) is 6.38. The number of benzene rings is 1. The van der Waals surface area contributed by atoms with Gasteiger partial charge in [0.2, 0.25) is 0 Å². The highest BCUT2D eigenvalue weighted by Crippen LogP contribution is 2.43. The van der Waals surface area contributed by atoms with E-state index in [2.05, 4.69) is 34.6 Å². The zero-order valence-electron chi connectivity index (χ0n) is 11.1. The van der Waals surface area contributed by atoms with Crippen molar-refractivity contribution in [3.63, 3.8) is 0 Å². The van der Waals surface area contributed by atoms with Crippen molar-refractivity contribution < 1.29 is 5.11 Å². The van der Waals surface area contributed by atoms with Crippen LogP contribution in [0.3, 0.4) is 0 Å². The molecular weight excluding hydrogens is 255 g/mol. The van der Waals surface area contributed by atoms with Crippen LogP contribution in [0.2, 0.25) is 10.0 Å². The number of phenolic OH excluding ortho intramolecular Hbond substituents is 1. The second kappa shape index (κ2) is 4.70. The minimum atomic E-state index is -0.0998. The minimum absolute atomic E-state index is 0.0205. The molecular formula is C14H20Cl2O. The third kappa shape index (κ3) is 3.53. The smallest absolute Gasteiger partial charge is 0.153 e. The first-order chi connectivity index (χ1) is 7.54. The monoisotopic (exact) mass is 274 g/mol. The minimum Gasteiger partial charge on any atom is -0.505 e. The van der Waals surface area contributed by atoms with Gasteiger partial charge in [0.25, 0.3) is 0 Å². The van der Waals surface area contributed by atoms with Gasteiger partial charge in [0.05, 0.1) is 10.0 Å². The van der Waals surface area contributed by atoms with Gasteiger partial charge in [0.15, 0.2) is 5.75 Å². The first-order valence-corrected chi connectivity index (χ1v) is 6.48. The van der Waals surface area contributed by atoms with Crippen molar-refractivity contribution in [2.45, 2.75) is 46.5 Å². The fourth-order valence-electron chi connectivity index (χ4n) is 2.48. The standard InChI is InChI=1S/C14H20Cl2O/c1-13(2,3)8-14(4,5)9-6-7-10(15)12(17)11(9)16/h6-7,17H,8H2,1-5H3. The lowest BCUT2D eigenvalue weighted by atomic mass is 9.72. The highest BCUT2D eigenvalue weighted by Gasteiger charge is 2.30. The van der Waals surface area contributed by atoms with E-state index in [1.807, 2.05) is 6.07 Å². The molecule has 0 unspecified atom stereocenters. The Kier molecular flexibility index (Phi) is 4.05. The molecule has 3 heteroatoms. The Balaban J connectivity index is 3.20. The van der Waals surface area contributed by atoms with Crippen molar-refractivity contribution in [3.8, 4) is 5.75 Å². The molecule has 0 saturated carbocycles. The SMILES string of the molecule is CC(C)(C)CC(C)(C)c1ccc(Cl)c(O)c1Cl. The molecule has 1 aromatic carbocycles. The van der Waals surface area contributed by atoms with Crippen LogP contribution in [0.4, 0.5) is 0 Å². The molecule has 0 aliphatic carbocycles. The van der Waals surface area contributed by atoms with E-state index in [1.165, 1.54) is 0 Å². The Morgan fingerprint density at radius 2 is 1.59 bits per heavy atom. The summed E-state index contributed by atoms with van der Waals surface area (Å²) in [6.45, 7) is 10.8. The summed E-state index contributed by atoms with van der Waals surface area (Å²) in [4.78, 5) is 0. The van der Waals surface area contributed by atoms with Gasteiger partial charge in [0.1, 0.15) is 0 Å². The van der Waals surface area contributed by atoms with Gasteiger partial charge in [-0.05, 0) is 28.9 Å². The fraction of sp³-hybridized carbons (Fsp3) is 0.571. The normalized spacial score (nSPS) is 12.9. The zero-order valence-corrected chi connectivity index (χ0v) is 12.6.